The summed E-state index contributed by atoms with van der Waals surface area (Å²) in [6.45, 7) is 2.33. The Bertz CT molecular complexity index is 854. The first-order valence-corrected chi connectivity index (χ1v) is 9.14. The maximum atomic E-state index is 13.8. The molecule has 1 fully saturated rings. The van der Waals surface area contributed by atoms with E-state index in [1.54, 1.807) is 42.2 Å². The van der Waals surface area contributed by atoms with Crippen LogP contribution in [0.5, 0.6) is 11.5 Å². The smallest absolute Gasteiger partial charge is 0.258 e. The number of nitrogens with one attached hydrogen (secondary N) is 1. The summed E-state index contributed by atoms with van der Waals surface area (Å²) in [7, 11) is 1.40. The number of benzene rings is 2. The predicted octanol–water partition coefficient (Wildman–Crippen LogP) is 3.22. The average molecular weight is 386 g/mol. The fourth-order valence-electron chi connectivity index (χ4n) is 3.11. The van der Waals surface area contributed by atoms with Gasteiger partial charge in [0.05, 0.1) is 13.2 Å². The van der Waals surface area contributed by atoms with Crippen molar-refractivity contribution >= 4 is 17.5 Å². The summed E-state index contributed by atoms with van der Waals surface area (Å²) in [4.78, 5) is 25.6. The van der Waals surface area contributed by atoms with Gasteiger partial charge in [0.15, 0.2) is 18.2 Å². The Kier molecular flexibility index (Phi) is 6.13. The van der Waals surface area contributed by atoms with Crippen LogP contribution in [-0.4, -0.2) is 32.1 Å². The molecular formula is C21H23FN2O4. The Hall–Kier alpha value is -3.09. The molecule has 0 radical (unpaired) electrons. The van der Waals surface area contributed by atoms with Gasteiger partial charge in [-0.3, -0.25) is 9.59 Å². The summed E-state index contributed by atoms with van der Waals surface area (Å²) < 4.78 is 24.2. The molecule has 1 N–H and O–H groups in total. The van der Waals surface area contributed by atoms with Gasteiger partial charge in [0.25, 0.3) is 5.91 Å². The maximum absolute atomic E-state index is 13.8. The van der Waals surface area contributed by atoms with Gasteiger partial charge >= 0.3 is 0 Å². The number of carbonyl (C=O) groups excluding carboxylic acids is 2. The second kappa shape index (κ2) is 8.73. The highest BCUT2D eigenvalue weighted by Gasteiger charge is 2.21. The van der Waals surface area contributed by atoms with E-state index >= 15 is 0 Å². The Morgan fingerprint density at radius 3 is 2.61 bits per heavy atom. The van der Waals surface area contributed by atoms with Crippen LogP contribution in [-0.2, 0) is 9.59 Å². The van der Waals surface area contributed by atoms with Crippen LogP contribution in [0.1, 0.15) is 31.4 Å². The molecule has 3 rings (SSSR count). The molecule has 1 heterocycles. The molecule has 1 saturated heterocycles. The summed E-state index contributed by atoms with van der Waals surface area (Å²) in [6.07, 6.45) is 1.45. The predicted molar refractivity (Wildman–Crippen MR) is 103 cm³/mol. The van der Waals surface area contributed by atoms with Crippen LogP contribution >= 0.6 is 0 Å². The standard InChI is InChI=1S/C21H23FN2O4/c1-14(15-5-10-19(27-2)18(22)12-15)23-20(25)13-28-17-8-6-16(7-9-17)24-11-3-4-21(24)26/h5-10,12,14H,3-4,11,13H2,1-2H3,(H,23,25). The van der Waals surface area contributed by atoms with E-state index in [2.05, 4.69) is 5.32 Å². The summed E-state index contributed by atoms with van der Waals surface area (Å²) in [5.74, 6) is 0.0202. The van der Waals surface area contributed by atoms with E-state index in [-0.39, 0.29) is 30.2 Å². The SMILES string of the molecule is COc1ccc(C(C)NC(=O)COc2ccc(N3CCCC3=O)cc2)cc1F. The molecule has 0 aromatic heterocycles. The van der Waals surface area contributed by atoms with Crippen LogP contribution in [0, 0.1) is 5.82 Å². The molecule has 2 amide bonds. The number of amides is 2. The number of anilines is 1. The van der Waals surface area contributed by atoms with Gasteiger partial charge in [0.1, 0.15) is 5.75 Å². The van der Waals surface area contributed by atoms with Crippen molar-refractivity contribution in [2.45, 2.75) is 25.8 Å². The molecule has 1 aliphatic heterocycles. The van der Waals surface area contributed by atoms with Crippen molar-refractivity contribution in [3.05, 3.63) is 53.8 Å². The third kappa shape index (κ3) is 4.60. The summed E-state index contributed by atoms with van der Waals surface area (Å²) in [6, 6.07) is 11.3. The summed E-state index contributed by atoms with van der Waals surface area (Å²) in [5.41, 5.74) is 1.46. The second-order valence-electron chi connectivity index (χ2n) is 6.61. The van der Waals surface area contributed by atoms with Crippen LogP contribution in [0.25, 0.3) is 0 Å². The minimum atomic E-state index is -0.478. The number of hydrogen-bond acceptors (Lipinski definition) is 4. The van der Waals surface area contributed by atoms with E-state index in [0.717, 1.165) is 18.7 Å². The van der Waals surface area contributed by atoms with Crippen LogP contribution < -0.4 is 19.7 Å². The fraction of sp³-hybridized carbons (Fsp3) is 0.333. The number of hydrogen-bond donors (Lipinski definition) is 1. The Morgan fingerprint density at radius 2 is 2.00 bits per heavy atom. The van der Waals surface area contributed by atoms with Gasteiger partial charge in [-0.2, -0.15) is 0 Å². The van der Waals surface area contributed by atoms with Gasteiger partial charge < -0.3 is 19.7 Å². The lowest BCUT2D eigenvalue weighted by Gasteiger charge is -2.17. The summed E-state index contributed by atoms with van der Waals surface area (Å²) in [5, 5.41) is 2.77. The highest BCUT2D eigenvalue weighted by atomic mass is 19.1. The lowest BCUT2D eigenvalue weighted by Crippen LogP contribution is -2.31. The highest BCUT2D eigenvalue weighted by Crippen LogP contribution is 2.24. The van der Waals surface area contributed by atoms with E-state index in [9.17, 15) is 14.0 Å². The average Bonchev–Trinajstić information content (AvgIpc) is 3.12. The van der Waals surface area contributed by atoms with Crippen LogP contribution in [0.3, 0.4) is 0 Å². The molecule has 28 heavy (non-hydrogen) atoms. The zero-order valence-corrected chi connectivity index (χ0v) is 15.9. The molecule has 0 saturated carbocycles. The van der Waals surface area contributed by atoms with E-state index in [0.29, 0.717) is 17.7 Å². The quantitative estimate of drug-likeness (QED) is 0.793. The van der Waals surface area contributed by atoms with E-state index in [4.69, 9.17) is 9.47 Å². The first-order chi connectivity index (χ1) is 13.5. The molecule has 7 heteroatoms. The molecular weight excluding hydrogens is 363 g/mol. The molecule has 1 aliphatic rings. The van der Waals surface area contributed by atoms with E-state index < -0.39 is 5.82 Å². The van der Waals surface area contributed by atoms with Gasteiger partial charge in [0, 0.05) is 18.7 Å². The molecule has 2 aromatic carbocycles. The van der Waals surface area contributed by atoms with Crippen molar-refractivity contribution in [2.24, 2.45) is 0 Å². The third-order valence-corrected chi connectivity index (χ3v) is 4.65. The normalized spacial score (nSPS) is 14.7. The minimum Gasteiger partial charge on any atom is -0.494 e. The highest BCUT2D eigenvalue weighted by molar-refractivity contribution is 5.95. The van der Waals surface area contributed by atoms with Crippen LogP contribution in [0.2, 0.25) is 0 Å². The van der Waals surface area contributed by atoms with Crippen molar-refractivity contribution in [3.8, 4) is 11.5 Å². The molecule has 148 valence electrons. The fourth-order valence-corrected chi connectivity index (χ4v) is 3.11. The van der Waals surface area contributed by atoms with Gasteiger partial charge in [-0.15, -0.1) is 0 Å². The number of rotatable bonds is 7. The Morgan fingerprint density at radius 1 is 1.25 bits per heavy atom. The number of halogens is 1. The van der Waals surface area contributed by atoms with Crippen molar-refractivity contribution < 1.29 is 23.5 Å². The van der Waals surface area contributed by atoms with Crippen LogP contribution in [0.15, 0.2) is 42.5 Å². The molecule has 2 aromatic rings. The minimum absolute atomic E-state index is 0.122. The summed E-state index contributed by atoms with van der Waals surface area (Å²) >= 11 is 0. The zero-order valence-electron chi connectivity index (χ0n) is 15.9. The first-order valence-electron chi connectivity index (χ1n) is 9.14. The number of ether oxygens (including phenoxy) is 2. The maximum Gasteiger partial charge on any atom is 0.258 e. The van der Waals surface area contributed by atoms with E-state index in [1.165, 1.54) is 19.2 Å². The third-order valence-electron chi connectivity index (χ3n) is 4.65. The molecule has 0 bridgehead atoms. The monoisotopic (exact) mass is 386 g/mol. The lowest BCUT2D eigenvalue weighted by molar-refractivity contribution is -0.123. The van der Waals surface area contributed by atoms with Crippen molar-refractivity contribution in [2.75, 3.05) is 25.2 Å². The molecule has 1 atom stereocenters. The van der Waals surface area contributed by atoms with Gasteiger partial charge in [-0.25, -0.2) is 4.39 Å². The number of nitrogens with zero attached hydrogens (tertiary/aromatic N) is 1. The second-order valence-corrected chi connectivity index (χ2v) is 6.61. The number of carbonyl (C=O) groups is 2. The Balaban J connectivity index is 1.51. The van der Waals surface area contributed by atoms with E-state index in [1.807, 2.05) is 0 Å². The Labute approximate surface area is 163 Å². The first kappa shape index (κ1) is 19.7. The van der Waals surface area contributed by atoms with Gasteiger partial charge in [0.2, 0.25) is 5.91 Å². The zero-order chi connectivity index (χ0) is 20.1. The molecule has 1 unspecified atom stereocenters. The van der Waals surface area contributed by atoms with Crippen LogP contribution in [0.4, 0.5) is 10.1 Å². The number of methoxy groups -OCH3 is 1. The largest absolute Gasteiger partial charge is 0.494 e. The molecule has 0 spiro atoms. The molecule has 6 nitrogen and oxygen atoms in total. The van der Waals surface area contributed by atoms with Gasteiger partial charge in [-0.05, 0) is 55.3 Å². The van der Waals surface area contributed by atoms with Crippen molar-refractivity contribution in [3.63, 3.8) is 0 Å². The van der Waals surface area contributed by atoms with Gasteiger partial charge in [-0.1, -0.05) is 6.07 Å². The topological polar surface area (TPSA) is 67.9 Å². The lowest BCUT2D eigenvalue weighted by atomic mass is 10.1. The van der Waals surface area contributed by atoms with Crippen molar-refractivity contribution in [1.29, 1.82) is 0 Å². The molecule has 0 aliphatic carbocycles. The van der Waals surface area contributed by atoms with Crippen molar-refractivity contribution in [1.82, 2.24) is 5.32 Å².